The van der Waals surface area contributed by atoms with Crippen LogP contribution in [0.15, 0.2) is 36.4 Å². The van der Waals surface area contributed by atoms with Crippen LogP contribution in [0.5, 0.6) is 5.75 Å². The van der Waals surface area contributed by atoms with Crippen molar-refractivity contribution in [3.8, 4) is 5.75 Å². The van der Waals surface area contributed by atoms with Crippen molar-refractivity contribution >= 4 is 23.2 Å². The minimum atomic E-state index is -0.912. The first-order valence-corrected chi connectivity index (χ1v) is 7.75. The topological polar surface area (TPSA) is 66.8 Å². The zero-order chi connectivity index (χ0) is 15.5. The van der Waals surface area contributed by atoms with Crippen LogP contribution < -0.4 is 4.74 Å². The predicted octanol–water partition coefficient (Wildman–Crippen LogP) is 2.41. The number of para-hydroxylation sites is 1. The Morgan fingerprint density at radius 3 is 2.77 bits per heavy atom. The molecule has 0 radical (unpaired) electrons. The molecule has 0 atom stereocenters. The zero-order valence-electron chi connectivity index (χ0n) is 11.8. The Morgan fingerprint density at radius 1 is 1.27 bits per heavy atom. The summed E-state index contributed by atoms with van der Waals surface area (Å²) in [6, 6.07) is 10.9. The lowest BCUT2D eigenvalue weighted by Gasteiger charge is -2.26. The number of hydrogen-bond acceptors (Lipinski definition) is 4. The van der Waals surface area contributed by atoms with Gasteiger partial charge in [-0.15, -0.1) is 11.3 Å². The van der Waals surface area contributed by atoms with Crippen molar-refractivity contribution in [3.63, 3.8) is 0 Å². The summed E-state index contributed by atoms with van der Waals surface area (Å²) < 4.78 is 5.47. The van der Waals surface area contributed by atoms with Crippen LogP contribution >= 0.6 is 11.3 Å². The lowest BCUT2D eigenvalue weighted by Crippen LogP contribution is -2.38. The number of carboxylic acid groups (broad SMARTS) is 1. The largest absolute Gasteiger partial charge is 0.484 e. The summed E-state index contributed by atoms with van der Waals surface area (Å²) in [4.78, 5) is 26.3. The molecule has 0 fully saturated rings. The molecule has 114 valence electrons. The normalized spacial score (nSPS) is 13.5. The van der Waals surface area contributed by atoms with Crippen molar-refractivity contribution in [2.75, 3.05) is 13.2 Å². The number of carbonyl (C=O) groups excluding carboxylic acids is 1. The molecular formula is C16H15NO4S. The van der Waals surface area contributed by atoms with Crippen LogP contribution in [0.3, 0.4) is 0 Å². The maximum Gasteiger partial charge on any atom is 0.345 e. The van der Waals surface area contributed by atoms with Crippen LogP contribution in [-0.4, -0.2) is 35.0 Å². The standard InChI is InChI=1S/C16H15NO4S/c18-15(10-21-12-4-2-1-3-5-12)17-7-6-13-11(9-17)8-14(22-13)16(19)20/h1-5,8H,6-7,9-10H2,(H,19,20). The quantitative estimate of drug-likeness (QED) is 0.940. The number of ether oxygens (including phenoxy) is 1. The summed E-state index contributed by atoms with van der Waals surface area (Å²) in [6.45, 7) is 1.05. The molecule has 3 rings (SSSR count). The number of carboxylic acids is 1. The predicted molar refractivity (Wildman–Crippen MR) is 82.3 cm³/mol. The van der Waals surface area contributed by atoms with Gasteiger partial charge in [0.1, 0.15) is 10.6 Å². The third kappa shape index (κ3) is 3.12. The summed E-state index contributed by atoms with van der Waals surface area (Å²) in [5, 5.41) is 9.03. The van der Waals surface area contributed by atoms with Crippen molar-refractivity contribution in [1.82, 2.24) is 4.90 Å². The molecule has 1 aromatic carbocycles. The second-order valence-electron chi connectivity index (χ2n) is 5.03. The van der Waals surface area contributed by atoms with E-state index in [2.05, 4.69) is 0 Å². The van der Waals surface area contributed by atoms with Gasteiger partial charge in [0, 0.05) is 18.0 Å². The van der Waals surface area contributed by atoms with Gasteiger partial charge in [-0.2, -0.15) is 0 Å². The Bertz CT molecular complexity index is 695. The van der Waals surface area contributed by atoms with E-state index in [9.17, 15) is 9.59 Å². The van der Waals surface area contributed by atoms with Crippen LogP contribution in [0.1, 0.15) is 20.1 Å². The minimum Gasteiger partial charge on any atom is -0.484 e. The monoisotopic (exact) mass is 317 g/mol. The molecule has 0 aliphatic carbocycles. The lowest BCUT2D eigenvalue weighted by molar-refractivity contribution is -0.134. The summed E-state index contributed by atoms with van der Waals surface area (Å²) >= 11 is 1.30. The van der Waals surface area contributed by atoms with Gasteiger partial charge >= 0.3 is 5.97 Å². The highest BCUT2D eigenvalue weighted by Crippen LogP contribution is 2.28. The summed E-state index contributed by atoms with van der Waals surface area (Å²) in [5.41, 5.74) is 0.932. The third-order valence-electron chi connectivity index (χ3n) is 3.54. The first-order chi connectivity index (χ1) is 10.6. The highest BCUT2D eigenvalue weighted by atomic mass is 32.1. The van der Waals surface area contributed by atoms with E-state index in [1.165, 1.54) is 11.3 Å². The van der Waals surface area contributed by atoms with Crippen LogP contribution in [0, 0.1) is 0 Å². The number of thiophene rings is 1. The molecule has 1 aliphatic rings. The molecule has 0 saturated heterocycles. The second-order valence-corrected chi connectivity index (χ2v) is 6.17. The van der Waals surface area contributed by atoms with Gasteiger partial charge in [-0.3, -0.25) is 4.79 Å². The minimum absolute atomic E-state index is 0.00469. The molecular weight excluding hydrogens is 302 g/mol. The third-order valence-corrected chi connectivity index (χ3v) is 4.76. The SMILES string of the molecule is O=C(O)c1cc2c(s1)CCN(C(=O)COc1ccccc1)C2. The number of amides is 1. The Kier molecular flexibility index (Phi) is 4.11. The fourth-order valence-electron chi connectivity index (χ4n) is 2.40. The molecule has 6 heteroatoms. The van der Waals surface area contributed by atoms with Gasteiger partial charge in [-0.1, -0.05) is 18.2 Å². The van der Waals surface area contributed by atoms with Gasteiger partial charge in [-0.25, -0.2) is 4.79 Å². The van der Waals surface area contributed by atoms with E-state index in [1.54, 1.807) is 23.1 Å². The van der Waals surface area contributed by atoms with E-state index in [0.29, 0.717) is 30.1 Å². The van der Waals surface area contributed by atoms with Crippen molar-refractivity contribution in [1.29, 1.82) is 0 Å². The Morgan fingerprint density at radius 2 is 2.05 bits per heavy atom. The summed E-state index contributed by atoms with van der Waals surface area (Å²) in [5.74, 6) is -0.334. The van der Waals surface area contributed by atoms with Crippen LogP contribution in [-0.2, 0) is 17.8 Å². The summed E-state index contributed by atoms with van der Waals surface area (Å²) in [7, 11) is 0. The number of rotatable bonds is 4. The van der Waals surface area contributed by atoms with E-state index < -0.39 is 5.97 Å². The maximum absolute atomic E-state index is 12.2. The van der Waals surface area contributed by atoms with Gasteiger partial charge in [0.05, 0.1) is 0 Å². The summed E-state index contributed by atoms with van der Waals surface area (Å²) in [6.07, 6.45) is 0.699. The number of carbonyl (C=O) groups is 2. The van der Waals surface area contributed by atoms with Crippen LogP contribution in [0.2, 0.25) is 0 Å². The Hall–Kier alpha value is -2.34. The molecule has 0 bridgehead atoms. The van der Waals surface area contributed by atoms with Crippen LogP contribution in [0.25, 0.3) is 0 Å². The first-order valence-electron chi connectivity index (χ1n) is 6.94. The van der Waals surface area contributed by atoms with Crippen molar-refractivity contribution in [2.24, 2.45) is 0 Å². The first kappa shape index (κ1) is 14.6. The average Bonchev–Trinajstić information content (AvgIpc) is 2.97. The van der Waals surface area contributed by atoms with Crippen molar-refractivity contribution in [2.45, 2.75) is 13.0 Å². The molecule has 2 aromatic rings. The number of hydrogen-bond donors (Lipinski definition) is 1. The average molecular weight is 317 g/mol. The van der Waals surface area contributed by atoms with Gasteiger partial charge in [-0.05, 0) is 30.2 Å². The zero-order valence-corrected chi connectivity index (χ0v) is 12.6. The number of benzene rings is 1. The van der Waals surface area contributed by atoms with E-state index >= 15 is 0 Å². The molecule has 22 heavy (non-hydrogen) atoms. The van der Waals surface area contributed by atoms with Crippen molar-refractivity contribution in [3.05, 3.63) is 51.7 Å². The highest BCUT2D eigenvalue weighted by molar-refractivity contribution is 7.14. The van der Waals surface area contributed by atoms with Crippen LogP contribution in [0.4, 0.5) is 0 Å². The van der Waals surface area contributed by atoms with E-state index in [4.69, 9.17) is 9.84 Å². The maximum atomic E-state index is 12.2. The molecule has 1 aliphatic heterocycles. The fraction of sp³-hybridized carbons (Fsp3) is 0.250. The number of aromatic carboxylic acids is 1. The fourth-order valence-corrected chi connectivity index (χ4v) is 3.41. The van der Waals surface area contributed by atoms with E-state index in [1.807, 2.05) is 18.2 Å². The molecule has 1 aromatic heterocycles. The Labute approximate surface area is 131 Å². The second kappa shape index (κ2) is 6.19. The molecule has 0 saturated carbocycles. The highest BCUT2D eigenvalue weighted by Gasteiger charge is 2.24. The molecule has 0 unspecified atom stereocenters. The molecule has 0 spiro atoms. The van der Waals surface area contributed by atoms with Gasteiger partial charge in [0.2, 0.25) is 0 Å². The van der Waals surface area contributed by atoms with Gasteiger partial charge in [0.15, 0.2) is 6.61 Å². The van der Waals surface area contributed by atoms with Gasteiger partial charge in [0.25, 0.3) is 5.91 Å². The lowest BCUT2D eigenvalue weighted by atomic mass is 10.1. The molecule has 5 nitrogen and oxygen atoms in total. The van der Waals surface area contributed by atoms with E-state index in [0.717, 1.165) is 10.4 Å². The number of fused-ring (bicyclic) bond motifs is 1. The van der Waals surface area contributed by atoms with Crippen molar-refractivity contribution < 1.29 is 19.4 Å². The van der Waals surface area contributed by atoms with Gasteiger partial charge < -0.3 is 14.7 Å². The smallest absolute Gasteiger partial charge is 0.345 e. The molecule has 1 N–H and O–H groups in total. The van der Waals surface area contributed by atoms with E-state index in [-0.39, 0.29) is 12.5 Å². The Balaban J connectivity index is 1.61. The number of nitrogens with zero attached hydrogens (tertiary/aromatic N) is 1. The molecule has 2 heterocycles. The molecule has 1 amide bonds.